The number of esters is 2. The van der Waals surface area contributed by atoms with E-state index in [9.17, 15) is 58.6 Å². The standard InChI is InChI=1S/C29H37N7O8.C22H33N7O7.C7H6O2/c1-3-17-44-19-24(34-25(37)21-13-8-5-9-14-21)27(39)33-23(18-20-11-6-4-7-12-20)26(38)32-22(28(40)43-2)15-10-16-31-29(30)35-36(41)42;1-3-12-36-14-16(23)19(30)27-18(13-15-8-5-4-6-9-15)20(31)26-17(21(32)35-2)10-7-11-25-22(24)28-29(33)34;8-7(9)6-4-2-1-3-5-6/h3-9,11-14,22-24H,1,10,15-19H2,2H3,(H,32,38)(H,33,39)(H,34,37)(H3,30,31,35);3-6,8-9,16-18H,1,7,10-14,23H2,2H3,(H,26,31)(H,27,30)(H3,24,25,28);1-5H,(H,8,9)/p+1/t22-,23+,24-;16-,17-,18+;/m00./s1. The first-order valence-corrected chi connectivity index (χ1v) is 27.4. The molecule has 4 aromatic rings. The number of nitrogens with zero attached hydrogens (tertiary/aromatic N) is 4. The fourth-order valence-electron chi connectivity index (χ4n) is 7.53. The monoisotopic (exact) mass is 1240 g/mol. The molecule has 31 heteroatoms. The number of quaternary nitrogens is 1. The van der Waals surface area contributed by atoms with Crippen molar-refractivity contribution in [2.75, 3.05) is 53.7 Å². The Bertz CT molecular complexity index is 2960. The minimum Gasteiger partial charge on any atom is -0.478 e. The predicted octanol–water partition coefficient (Wildman–Crippen LogP) is -0.305. The molecule has 0 aliphatic heterocycles. The molecule has 6 atom stereocenters. The number of carbonyl (C=O) groups excluding carboxylic acids is 7. The number of amides is 5. The maximum absolute atomic E-state index is 13.5. The van der Waals surface area contributed by atoms with Crippen LogP contribution >= 0.6 is 0 Å². The summed E-state index contributed by atoms with van der Waals surface area (Å²) >= 11 is 0. The minimum absolute atomic E-state index is 0.0399. The van der Waals surface area contributed by atoms with Gasteiger partial charge in [-0.2, -0.15) is 0 Å². The van der Waals surface area contributed by atoms with Gasteiger partial charge in [0.2, 0.25) is 17.7 Å². The van der Waals surface area contributed by atoms with Crippen LogP contribution in [0.15, 0.2) is 157 Å². The first-order valence-electron chi connectivity index (χ1n) is 27.4. The van der Waals surface area contributed by atoms with Crippen molar-refractivity contribution in [3.05, 3.63) is 189 Å². The molecule has 0 aliphatic rings. The maximum atomic E-state index is 13.5. The van der Waals surface area contributed by atoms with E-state index in [-0.39, 0.29) is 77.6 Å². The van der Waals surface area contributed by atoms with Crippen molar-refractivity contribution in [1.29, 1.82) is 0 Å². The number of nitrogens with two attached hydrogens (primary N) is 2. The summed E-state index contributed by atoms with van der Waals surface area (Å²) in [6.45, 7) is 7.61. The number of guanidine groups is 2. The summed E-state index contributed by atoms with van der Waals surface area (Å²) in [6, 6.07) is 28.3. The van der Waals surface area contributed by atoms with Gasteiger partial charge in [-0.05, 0) is 61.1 Å². The zero-order valence-electron chi connectivity index (χ0n) is 49.2. The van der Waals surface area contributed by atoms with Crippen molar-refractivity contribution in [2.45, 2.75) is 74.8 Å². The van der Waals surface area contributed by atoms with Gasteiger partial charge in [-0.15, -0.1) is 13.2 Å². The van der Waals surface area contributed by atoms with Crippen LogP contribution in [-0.4, -0.2) is 165 Å². The van der Waals surface area contributed by atoms with Crippen LogP contribution in [0.3, 0.4) is 0 Å². The number of carboxylic acids is 1. The molecule has 0 unspecified atom stereocenters. The molecule has 0 heterocycles. The molecule has 0 aliphatic carbocycles. The lowest BCUT2D eigenvalue weighted by atomic mass is 10.0. The molecule has 4 aromatic carbocycles. The van der Waals surface area contributed by atoms with Crippen molar-refractivity contribution in [2.24, 2.45) is 21.7 Å². The van der Waals surface area contributed by atoms with Crippen LogP contribution in [0.5, 0.6) is 0 Å². The summed E-state index contributed by atoms with van der Waals surface area (Å²) in [5.74, 6) is -6.06. The zero-order chi connectivity index (χ0) is 65.9. The minimum atomic E-state index is -1.16. The van der Waals surface area contributed by atoms with E-state index in [1.54, 1.807) is 109 Å². The molecule has 0 fully saturated rings. The van der Waals surface area contributed by atoms with Gasteiger partial charge in [0.05, 0.1) is 39.6 Å². The van der Waals surface area contributed by atoms with Gasteiger partial charge in [0.1, 0.15) is 47.0 Å². The van der Waals surface area contributed by atoms with Gasteiger partial charge in [0.25, 0.3) is 23.7 Å². The molecular formula is C58H77N14O17+. The number of benzene rings is 4. The van der Waals surface area contributed by atoms with Gasteiger partial charge in [-0.25, -0.2) is 34.6 Å². The van der Waals surface area contributed by atoms with Crippen molar-refractivity contribution in [1.82, 2.24) is 37.2 Å². The van der Waals surface area contributed by atoms with Gasteiger partial charge in [0.15, 0.2) is 16.1 Å². The second kappa shape index (κ2) is 43.0. The smallest absolute Gasteiger partial charge is 0.335 e. The van der Waals surface area contributed by atoms with Crippen LogP contribution in [0.2, 0.25) is 0 Å². The van der Waals surface area contributed by atoms with E-state index >= 15 is 0 Å². The van der Waals surface area contributed by atoms with E-state index in [1.165, 1.54) is 13.2 Å². The predicted molar refractivity (Wildman–Crippen MR) is 324 cm³/mol. The highest BCUT2D eigenvalue weighted by molar-refractivity contribution is 5.99. The molecule has 0 bridgehead atoms. The summed E-state index contributed by atoms with van der Waals surface area (Å²) in [4.78, 5) is 121. The first kappa shape index (κ1) is 74.4. The van der Waals surface area contributed by atoms with E-state index in [4.69, 9.17) is 35.5 Å². The molecule has 480 valence electrons. The molecule has 0 spiro atoms. The molecule has 89 heavy (non-hydrogen) atoms. The van der Waals surface area contributed by atoms with Gasteiger partial charge >= 0.3 is 17.9 Å². The average molecular weight is 1240 g/mol. The van der Waals surface area contributed by atoms with E-state index < -0.39 is 99.7 Å². The fourth-order valence-corrected chi connectivity index (χ4v) is 7.53. The van der Waals surface area contributed by atoms with Crippen molar-refractivity contribution < 1.29 is 78.2 Å². The molecule has 4 rings (SSSR count). The van der Waals surface area contributed by atoms with Gasteiger partial charge in [-0.3, -0.25) is 24.0 Å². The number of hydrogen-bond donors (Lipinski definition) is 11. The number of rotatable bonds is 35. The lowest BCUT2D eigenvalue weighted by Gasteiger charge is -2.25. The highest BCUT2D eigenvalue weighted by Crippen LogP contribution is 2.10. The van der Waals surface area contributed by atoms with E-state index in [1.807, 2.05) is 18.2 Å². The third-order valence-corrected chi connectivity index (χ3v) is 11.9. The lowest BCUT2D eigenvalue weighted by Crippen LogP contribution is -2.71. The molecular weight excluding hydrogens is 1160 g/mol. The maximum Gasteiger partial charge on any atom is 0.335 e. The van der Waals surface area contributed by atoms with Crippen LogP contribution in [0.4, 0.5) is 0 Å². The topological polar surface area (TPSA) is 469 Å². The third-order valence-electron chi connectivity index (χ3n) is 11.9. The SMILES string of the molecule is C=CCOC[C@H](NC(=O)c1ccccc1)C(=O)N[C@H](Cc1ccccc1)C(=O)N[C@@H](CCCN/C(N)=N/[N+](=O)[O-])C(=O)OC.C=CCOC[C@H]([NH3+])C(=O)N[C@H](Cc1ccccc1)C(=O)N[C@@H](CCCN/C(N)=N/[N+](=O)[O-])C(=O)OC.O=C(O)c1ccccc1. The van der Waals surface area contributed by atoms with Crippen LogP contribution in [0.1, 0.15) is 57.5 Å². The molecule has 15 N–H and O–H groups in total. The number of ether oxygens (including phenoxy) is 4. The molecule has 31 nitrogen and oxygen atoms in total. The Balaban J connectivity index is 0.000000538. The number of carboxylic acid groups (broad SMARTS) is 1. The number of aromatic carboxylic acids is 1. The molecule has 5 amide bonds. The Morgan fingerprint density at radius 1 is 0.551 bits per heavy atom. The van der Waals surface area contributed by atoms with Crippen LogP contribution < -0.4 is 54.4 Å². The quantitative estimate of drug-likeness (QED) is 0.00535. The van der Waals surface area contributed by atoms with Crippen LogP contribution in [0.25, 0.3) is 0 Å². The second-order valence-corrected chi connectivity index (χ2v) is 18.7. The average Bonchev–Trinajstić information content (AvgIpc) is 3.39. The van der Waals surface area contributed by atoms with E-state index in [2.05, 4.69) is 66.3 Å². The highest BCUT2D eigenvalue weighted by Gasteiger charge is 2.32. The second-order valence-electron chi connectivity index (χ2n) is 18.7. The van der Waals surface area contributed by atoms with E-state index in [0.717, 1.165) is 18.2 Å². The summed E-state index contributed by atoms with van der Waals surface area (Å²) < 4.78 is 20.3. The van der Waals surface area contributed by atoms with Gasteiger partial charge in [-0.1, -0.05) is 109 Å². The largest absolute Gasteiger partial charge is 0.478 e. The number of nitrogens with one attached hydrogen (secondary N) is 7. The normalized spacial score (nSPS) is 12.8. The Hall–Kier alpha value is -10.7. The zero-order valence-corrected chi connectivity index (χ0v) is 49.2. The lowest BCUT2D eigenvalue weighted by molar-refractivity contribution is -0.485. The Morgan fingerprint density at radius 2 is 0.910 bits per heavy atom. The Labute approximate surface area is 512 Å². The van der Waals surface area contributed by atoms with Crippen LogP contribution in [-0.2, 0) is 60.6 Å². The fraction of sp³-hybridized carbons (Fsp3) is 0.345. The summed E-state index contributed by atoms with van der Waals surface area (Å²) in [5.41, 5.74) is 16.7. The first-order chi connectivity index (χ1) is 42.6. The molecule has 0 radical (unpaired) electrons. The van der Waals surface area contributed by atoms with Gasteiger partial charge in [0, 0.05) is 31.5 Å². The van der Waals surface area contributed by atoms with Crippen LogP contribution in [0, 0.1) is 20.2 Å². The third kappa shape index (κ3) is 31.9. The Morgan fingerprint density at radius 3 is 1.28 bits per heavy atom. The van der Waals surface area contributed by atoms with Gasteiger partial charge < -0.3 is 78.5 Å². The summed E-state index contributed by atoms with van der Waals surface area (Å²) in [7, 11) is 2.34. The summed E-state index contributed by atoms with van der Waals surface area (Å²) in [6.07, 6.45) is 4.03. The van der Waals surface area contributed by atoms with Crippen molar-refractivity contribution >= 4 is 59.4 Å². The molecule has 0 saturated heterocycles. The molecule has 0 saturated carbocycles. The summed E-state index contributed by atoms with van der Waals surface area (Å²) in [5, 5.41) is 51.4. The molecule has 0 aromatic heterocycles. The number of hydrazone groups is 2. The van der Waals surface area contributed by atoms with E-state index in [0.29, 0.717) is 17.5 Å². The highest BCUT2D eigenvalue weighted by atomic mass is 16.7. The Kier molecular flexibility index (Phi) is 36.0. The number of methoxy groups -OCH3 is 2. The number of nitro groups is 2. The van der Waals surface area contributed by atoms with Crippen molar-refractivity contribution in [3.63, 3.8) is 0 Å². The number of hydrogen-bond acceptors (Lipinski definition) is 16. The number of carbonyl (C=O) groups is 8. The van der Waals surface area contributed by atoms with Crippen molar-refractivity contribution in [3.8, 4) is 0 Å².